The van der Waals surface area contributed by atoms with Crippen LogP contribution in [-0.4, -0.2) is 21.7 Å². The molecule has 0 fully saturated rings. The number of hydrogen-bond acceptors (Lipinski definition) is 2. The molecule has 0 saturated carbocycles. The highest BCUT2D eigenvalue weighted by Gasteiger charge is 2.14. The molecule has 0 radical (unpaired) electrons. The summed E-state index contributed by atoms with van der Waals surface area (Å²) in [7, 11) is 4.12. The van der Waals surface area contributed by atoms with Crippen molar-refractivity contribution >= 4 is 10.8 Å². The normalized spacial score (nSPS) is 13.0. The molecular formula is C18H21N3. The van der Waals surface area contributed by atoms with Gasteiger partial charge in [-0.1, -0.05) is 42.5 Å². The van der Waals surface area contributed by atoms with Gasteiger partial charge in [-0.25, -0.2) is 0 Å². The van der Waals surface area contributed by atoms with Crippen molar-refractivity contribution in [3.05, 3.63) is 66.0 Å². The SMILES string of the molecule is C[C@H](c1cccc2ccccc12)N(C)Cc1cnn(C)c1. The molecule has 21 heavy (non-hydrogen) atoms. The summed E-state index contributed by atoms with van der Waals surface area (Å²) in [5.74, 6) is 0. The molecule has 0 bridgehead atoms. The van der Waals surface area contributed by atoms with Crippen LogP contribution in [0.25, 0.3) is 10.8 Å². The van der Waals surface area contributed by atoms with E-state index >= 15 is 0 Å². The lowest BCUT2D eigenvalue weighted by molar-refractivity contribution is 0.254. The Labute approximate surface area is 125 Å². The van der Waals surface area contributed by atoms with Gasteiger partial charge in [-0.2, -0.15) is 5.10 Å². The van der Waals surface area contributed by atoms with E-state index in [0.29, 0.717) is 6.04 Å². The second kappa shape index (κ2) is 5.70. The van der Waals surface area contributed by atoms with E-state index in [0.717, 1.165) is 6.54 Å². The molecule has 0 unspecified atom stereocenters. The zero-order chi connectivity index (χ0) is 14.8. The number of fused-ring (bicyclic) bond motifs is 1. The second-order valence-corrected chi connectivity index (χ2v) is 5.68. The van der Waals surface area contributed by atoms with Crippen LogP contribution in [0.1, 0.15) is 24.1 Å². The number of rotatable bonds is 4. The Bertz CT molecular complexity index is 740. The minimum absolute atomic E-state index is 0.358. The molecule has 0 amide bonds. The van der Waals surface area contributed by atoms with Gasteiger partial charge >= 0.3 is 0 Å². The van der Waals surface area contributed by atoms with Crippen LogP contribution in [0.2, 0.25) is 0 Å². The minimum Gasteiger partial charge on any atom is -0.295 e. The first-order chi connectivity index (χ1) is 10.1. The molecule has 0 aliphatic rings. The molecule has 0 spiro atoms. The van der Waals surface area contributed by atoms with Crippen molar-refractivity contribution in [3.8, 4) is 0 Å². The van der Waals surface area contributed by atoms with Crippen LogP contribution < -0.4 is 0 Å². The Kier molecular flexibility index (Phi) is 3.76. The highest BCUT2D eigenvalue weighted by Crippen LogP contribution is 2.28. The predicted octanol–water partition coefficient (Wildman–Crippen LogP) is 3.77. The molecule has 1 aromatic heterocycles. The lowest BCUT2D eigenvalue weighted by atomic mass is 9.99. The summed E-state index contributed by atoms with van der Waals surface area (Å²) < 4.78 is 1.85. The van der Waals surface area contributed by atoms with Crippen LogP contribution in [0.15, 0.2) is 54.9 Å². The topological polar surface area (TPSA) is 21.1 Å². The Balaban J connectivity index is 1.87. The lowest BCUT2D eigenvalue weighted by Gasteiger charge is -2.25. The van der Waals surface area contributed by atoms with Crippen molar-refractivity contribution < 1.29 is 0 Å². The van der Waals surface area contributed by atoms with Gasteiger partial charge in [-0.05, 0) is 30.3 Å². The fraction of sp³-hybridized carbons (Fsp3) is 0.278. The van der Waals surface area contributed by atoms with Gasteiger partial charge in [-0.15, -0.1) is 0 Å². The summed E-state index contributed by atoms with van der Waals surface area (Å²) in [6.45, 7) is 3.16. The molecule has 0 N–H and O–H groups in total. The molecule has 108 valence electrons. The molecule has 3 heteroatoms. The maximum Gasteiger partial charge on any atom is 0.0534 e. The van der Waals surface area contributed by atoms with Crippen LogP contribution in [0, 0.1) is 0 Å². The van der Waals surface area contributed by atoms with Gasteiger partial charge in [0.1, 0.15) is 0 Å². The third-order valence-electron chi connectivity index (χ3n) is 4.12. The van der Waals surface area contributed by atoms with Gasteiger partial charge in [0.05, 0.1) is 6.20 Å². The van der Waals surface area contributed by atoms with Crippen molar-refractivity contribution in [2.24, 2.45) is 7.05 Å². The Morgan fingerprint density at radius 1 is 1.14 bits per heavy atom. The van der Waals surface area contributed by atoms with Crippen LogP contribution in [0.5, 0.6) is 0 Å². The number of benzene rings is 2. The summed E-state index contributed by atoms with van der Waals surface area (Å²) in [6.07, 6.45) is 4.01. The first kappa shape index (κ1) is 13.8. The van der Waals surface area contributed by atoms with Gasteiger partial charge in [-0.3, -0.25) is 9.58 Å². The highest BCUT2D eigenvalue weighted by atomic mass is 15.2. The molecule has 2 aromatic carbocycles. The van der Waals surface area contributed by atoms with Crippen molar-refractivity contribution in [1.29, 1.82) is 0 Å². The quantitative estimate of drug-likeness (QED) is 0.725. The molecule has 3 aromatic rings. The van der Waals surface area contributed by atoms with E-state index in [1.807, 2.05) is 17.9 Å². The molecule has 0 aliphatic heterocycles. The largest absolute Gasteiger partial charge is 0.295 e. The standard InChI is InChI=1S/C18H21N3/c1-14(20(2)12-15-11-19-21(3)13-15)17-10-6-8-16-7-4-5-9-18(16)17/h4-11,13-14H,12H2,1-3H3/t14-/m1/s1. The van der Waals surface area contributed by atoms with E-state index in [1.54, 1.807) is 0 Å². The van der Waals surface area contributed by atoms with Gasteiger partial charge in [0.15, 0.2) is 0 Å². The van der Waals surface area contributed by atoms with E-state index in [9.17, 15) is 0 Å². The van der Waals surface area contributed by atoms with Crippen molar-refractivity contribution in [3.63, 3.8) is 0 Å². The van der Waals surface area contributed by atoms with E-state index in [-0.39, 0.29) is 0 Å². The Hall–Kier alpha value is -2.13. The maximum atomic E-state index is 4.24. The number of aryl methyl sites for hydroxylation is 1. The lowest BCUT2D eigenvalue weighted by Crippen LogP contribution is -2.21. The van der Waals surface area contributed by atoms with E-state index < -0.39 is 0 Å². The highest BCUT2D eigenvalue weighted by molar-refractivity contribution is 5.86. The van der Waals surface area contributed by atoms with E-state index in [1.165, 1.54) is 21.9 Å². The first-order valence-corrected chi connectivity index (χ1v) is 7.30. The van der Waals surface area contributed by atoms with Crippen molar-refractivity contribution in [2.75, 3.05) is 7.05 Å². The fourth-order valence-electron chi connectivity index (χ4n) is 2.83. The maximum absolute atomic E-state index is 4.24. The summed E-state index contributed by atoms with van der Waals surface area (Å²) >= 11 is 0. The molecule has 0 aliphatic carbocycles. The number of aromatic nitrogens is 2. The summed E-state index contributed by atoms with van der Waals surface area (Å²) in [5, 5.41) is 6.88. The van der Waals surface area contributed by atoms with Crippen LogP contribution in [-0.2, 0) is 13.6 Å². The average Bonchev–Trinajstić information content (AvgIpc) is 2.91. The summed E-state index contributed by atoms with van der Waals surface area (Å²) in [5.41, 5.74) is 2.62. The average molecular weight is 279 g/mol. The van der Waals surface area contributed by atoms with Gasteiger partial charge < -0.3 is 0 Å². The van der Waals surface area contributed by atoms with Crippen LogP contribution >= 0.6 is 0 Å². The molecule has 3 rings (SSSR count). The zero-order valence-corrected chi connectivity index (χ0v) is 12.8. The minimum atomic E-state index is 0.358. The fourth-order valence-corrected chi connectivity index (χ4v) is 2.83. The second-order valence-electron chi connectivity index (χ2n) is 5.68. The summed E-state index contributed by atoms with van der Waals surface area (Å²) in [6, 6.07) is 15.5. The van der Waals surface area contributed by atoms with E-state index in [4.69, 9.17) is 0 Å². The molecule has 1 heterocycles. The molecule has 3 nitrogen and oxygen atoms in total. The summed E-state index contributed by atoms with van der Waals surface area (Å²) in [4.78, 5) is 2.36. The van der Waals surface area contributed by atoms with E-state index in [2.05, 4.69) is 72.6 Å². The van der Waals surface area contributed by atoms with Crippen molar-refractivity contribution in [2.45, 2.75) is 19.5 Å². The molecular weight excluding hydrogens is 258 g/mol. The van der Waals surface area contributed by atoms with Crippen LogP contribution in [0.3, 0.4) is 0 Å². The Morgan fingerprint density at radius 2 is 1.90 bits per heavy atom. The van der Waals surface area contributed by atoms with Gasteiger partial charge in [0.25, 0.3) is 0 Å². The Morgan fingerprint density at radius 3 is 2.67 bits per heavy atom. The molecule has 1 atom stereocenters. The third kappa shape index (κ3) is 2.83. The van der Waals surface area contributed by atoms with Gasteiger partial charge in [0, 0.05) is 31.4 Å². The predicted molar refractivity (Wildman–Crippen MR) is 87.0 cm³/mol. The molecule has 0 saturated heterocycles. The van der Waals surface area contributed by atoms with Crippen molar-refractivity contribution in [1.82, 2.24) is 14.7 Å². The first-order valence-electron chi connectivity index (χ1n) is 7.30. The van der Waals surface area contributed by atoms with Gasteiger partial charge in [0.2, 0.25) is 0 Å². The number of nitrogens with zero attached hydrogens (tertiary/aromatic N) is 3. The smallest absolute Gasteiger partial charge is 0.0534 e. The van der Waals surface area contributed by atoms with Crippen LogP contribution in [0.4, 0.5) is 0 Å². The zero-order valence-electron chi connectivity index (χ0n) is 12.8. The number of hydrogen-bond donors (Lipinski definition) is 0. The monoisotopic (exact) mass is 279 g/mol. The third-order valence-corrected chi connectivity index (χ3v) is 4.12.